The van der Waals surface area contributed by atoms with E-state index in [1.54, 1.807) is 0 Å². The highest BCUT2D eigenvalue weighted by Crippen LogP contribution is 2.49. The Bertz CT molecular complexity index is 471. The van der Waals surface area contributed by atoms with Gasteiger partial charge in [-0.05, 0) is 43.0 Å². The van der Waals surface area contributed by atoms with E-state index in [0.29, 0.717) is 12.5 Å². The van der Waals surface area contributed by atoms with Gasteiger partial charge in [0.1, 0.15) is 0 Å². The fourth-order valence-electron chi connectivity index (χ4n) is 2.25. The van der Waals surface area contributed by atoms with Crippen LogP contribution in [0.25, 0.3) is 0 Å². The molecule has 1 heterocycles. The van der Waals surface area contributed by atoms with E-state index in [4.69, 9.17) is 15.2 Å². The molecule has 0 amide bonds. The molecule has 1 aromatic carbocycles. The van der Waals surface area contributed by atoms with Gasteiger partial charge in [0.05, 0.1) is 13.2 Å². The first kappa shape index (κ1) is 12.3. The van der Waals surface area contributed by atoms with Gasteiger partial charge >= 0.3 is 0 Å². The molecule has 1 spiro atoms. The largest absolute Gasteiger partial charge is 0.489 e. The maximum absolute atomic E-state index is 5.93. The zero-order valence-electron chi connectivity index (χ0n) is 10.5. The molecule has 3 nitrogen and oxygen atoms in total. The van der Waals surface area contributed by atoms with Crippen molar-refractivity contribution >= 4 is 15.9 Å². The summed E-state index contributed by atoms with van der Waals surface area (Å²) in [5.41, 5.74) is 7.21. The van der Waals surface area contributed by atoms with Crippen molar-refractivity contribution in [2.45, 2.75) is 25.7 Å². The first-order chi connectivity index (χ1) is 8.63. The topological polar surface area (TPSA) is 44.5 Å². The van der Waals surface area contributed by atoms with Gasteiger partial charge in [-0.3, -0.25) is 0 Å². The van der Waals surface area contributed by atoms with Crippen molar-refractivity contribution in [3.8, 4) is 11.5 Å². The molecule has 18 heavy (non-hydrogen) atoms. The summed E-state index contributed by atoms with van der Waals surface area (Å²) in [7, 11) is 0. The van der Waals surface area contributed by atoms with E-state index < -0.39 is 0 Å². The summed E-state index contributed by atoms with van der Waals surface area (Å²) in [6, 6.07) is 4.08. The number of ether oxygens (including phenoxy) is 2. The molecular weight excluding hydrogens is 294 g/mol. The van der Waals surface area contributed by atoms with E-state index in [1.165, 1.54) is 18.4 Å². The highest BCUT2D eigenvalue weighted by Gasteiger charge is 2.46. The molecule has 1 unspecified atom stereocenters. The minimum Gasteiger partial charge on any atom is -0.489 e. The Morgan fingerprint density at radius 2 is 1.89 bits per heavy atom. The van der Waals surface area contributed by atoms with Crippen LogP contribution in [0.2, 0.25) is 0 Å². The summed E-state index contributed by atoms with van der Waals surface area (Å²) >= 11 is 3.60. The Hall–Kier alpha value is -0.740. The summed E-state index contributed by atoms with van der Waals surface area (Å²) in [5.74, 6) is 2.02. The average molecular weight is 312 g/mol. The van der Waals surface area contributed by atoms with Gasteiger partial charge in [0, 0.05) is 9.89 Å². The van der Waals surface area contributed by atoms with Crippen molar-refractivity contribution in [2.75, 3.05) is 19.8 Å². The monoisotopic (exact) mass is 311 g/mol. The second-order valence-corrected chi connectivity index (χ2v) is 6.39. The number of halogens is 1. The Morgan fingerprint density at radius 1 is 1.28 bits per heavy atom. The van der Waals surface area contributed by atoms with E-state index in [-0.39, 0.29) is 5.41 Å². The van der Waals surface area contributed by atoms with Crippen LogP contribution in [0.4, 0.5) is 0 Å². The zero-order chi connectivity index (χ0) is 12.8. The van der Waals surface area contributed by atoms with E-state index >= 15 is 0 Å². The second-order valence-electron chi connectivity index (χ2n) is 5.53. The van der Waals surface area contributed by atoms with Crippen LogP contribution in [0.15, 0.2) is 16.6 Å². The average Bonchev–Trinajstić information content (AvgIpc) is 3.16. The zero-order valence-corrected chi connectivity index (χ0v) is 12.1. The van der Waals surface area contributed by atoms with Crippen LogP contribution in [-0.4, -0.2) is 19.8 Å². The predicted molar refractivity (Wildman–Crippen MR) is 74.3 cm³/mol. The van der Waals surface area contributed by atoms with Gasteiger partial charge < -0.3 is 15.2 Å². The van der Waals surface area contributed by atoms with E-state index in [2.05, 4.69) is 28.9 Å². The standard InChI is InChI=1S/C14H18BrNO2/c1-9(6-16)10-4-12-13(5-11(10)15)18-8-14(2-3-14)7-17-12/h4-5,9H,2-3,6-8,16H2,1H3. The van der Waals surface area contributed by atoms with Gasteiger partial charge in [-0.2, -0.15) is 0 Å². The number of hydrogen-bond donors (Lipinski definition) is 1. The normalized spacial score (nSPS) is 21.5. The van der Waals surface area contributed by atoms with Gasteiger partial charge in [0.2, 0.25) is 0 Å². The van der Waals surface area contributed by atoms with Gasteiger partial charge in [-0.25, -0.2) is 0 Å². The third-order valence-corrected chi connectivity index (χ3v) is 4.66. The summed E-state index contributed by atoms with van der Waals surface area (Å²) in [6.45, 7) is 4.30. The molecule has 2 N–H and O–H groups in total. The molecule has 0 bridgehead atoms. The Kier molecular flexibility index (Phi) is 3.02. The molecule has 1 aliphatic heterocycles. The first-order valence-electron chi connectivity index (χ1n) is 6.43. The summed E-state index contributed by atoms with van der Waals surface area (Å²) in [5, 5.41) is 0. The summed E-state index contributed by atoms with van der Waals surface area (Å²) in [6.07, 6.45) is 2.43. The Morgan fingerprint density at radius 3 is 2.44 bits per heavy atom. The molecule has 0 saturated heterocycles. The lowest BCUT2D eigenvalue weighted by Gasteiger charge is -2.15. The third-order valence-electron chi connectivity index (χ3n) is 3.97. The fraction of sp³-hybridized carbons (Fsp3) is 0.571. The minimum absolute atomic E-state index is 0.283. The summed E-state index contributed by atoms with van der Waals surface area (Å²) < 4.78 is 12.9. The third kappa shape index (κ3) is 2.12. The van der Waals surface area contributed by atoms with Gasteiger partial charge in [-0.15, -0.1) is 0 Å². The molecule has 1 saturated carbocycles. The van der Waals surface area contributed by atoms with Gasteiger partial charge in [0.25, 0.3) is 0 Å². The highest BCUT2D eigenvalue weighted by molar-refractivity contribution is 9.10. The fourth-order valence-corrected chi connectivity index (χ4v) is 2.96. The van der Waals surface area contributed by atoms with Crippen LogP contribution in [0, 0.1) is 5.41 Å². The predicted octanol–water partition coefficient (Wildman–Crippen LogP) is 3.06. The van der Waals surface area contributed by atoms with E-state index in [9.17, 15) is 0 Å². The molecule has 2 aliphatic rings. The molecular formula is C14H18BrNO2. The highest BCUT2D eigenvalue weighted by atomic mass is 79.9. The summed E-state index contributed by atoms with van der Waals surface area (Å²) in [4.78, 5) is 0. The number of hydrogen-bond acceptors (Lipinski definition) is 3. The Balaban J connectivity index is 1.93. The van der Waals surface area contributed by atoms with Crippen LogP contribution in [-0.2, 0) is 0 Å². The molecule has 0 radical (unpaired) electrons. The van der Waals surface area contributed by atoms with Crippen LogP contribution in [0.3, 0.4) is 0 Å². The van der Waals surface area contributed by atoms with E-state index in [0.717, 1.165) is 29.2 Å². The van der Waals surface area contributed by atoms with Gasteiger partial charge in [0.15, 0.2) is 11.5 Å². The van der Waals surface area contributed by atoms with Crippen molar-refractivity contribution in [1.29, 1.82) is 0 Å². The second kappa shape index (κ2) is 4.42. The van der Waals surface area contributed by atoms with Crippen LogP contribution >= 0.6 is 15.9 Å². The molecule has 3 rings (SSSR count). The number of benzene rings is 1. The van der Waals surface area contributed by atoms with Crippen LogP contribution in [0.1, 0.15) is 31.2 Å². The van der Waals surface area contributed by atoms with Crippen molar-refractivity contribution in [2.24, 2.45) is 11.1 Å². The molecule has 1 atom stereocenters. The lowest BCUT2D eigenvalue weighted by Crippen LogP contribution is -2.17. The number of nitrogens with two attached hydrogens (primary N) is 1. The number of rotatable bonds is 2. The molecule has 98 valence electrons. The Labute approximate surface area is 116 Å². The quantitative estimate of drug-likeness (QED) is 0.913. The molecule has 1 fully saturated rings. The lowest BCUT2D eigenvalue weighted by atomic mass is 10.0. The van der Waals surface area contributed by atoms with Crippen molar-refractivity contribution in [3.05, 3.63) is 22.2 Å². The smallest absolute Gasteiger partial charge is 0.162 e. The molecule has 0 aromatic heterocycles. The molecule has 1 aromatic rings. The first-order valence-corrected chi connectivity index (χ1v) is 7.22. The maximum Gasteiger partial charge on any atom is 0.162 e. The molecule has 4 heteroatoms. The molecule has 1 aliphatic carbocycles. The lowest BCUT2D eigenvalue weighted by molar-refractivity contribution is 0.197. The SMILES string of the molecule is CC(CN)c1cc2c(cc1Br)OCC1(CC1)CO2. The van der Waals surface area contributed by atoms with Crippen molar-refractivity contribution in [1.82, 2.24) is 0 Å². The maximum atomic E-state index is 5.93. The van der Waals surface area contributed by atoms with Crippen LogP contribution < -0.4 is 15.2 Å². The van der Waals surface area contributed by atoms with Gasteiger partial charge in [-0.1, -0.05) is 22.9 Å². The van der Waals surface area contributed by atoms with Crippen molar-refractivity contribution in [3.63, 3.8) is 0 Å². The van der Waals surface area contributed by atoms with Crippen LogP contribution in [0.5, 0.6) is 11.5 Å². The van der Waals surface area contributed by atoms with E-state index in [1.807, 2.05) is 6.07 Å². The minimum atomic E-state index is 0.283. The van der Waals surface area contributed by atoms with Crippen molar-refractivity contribution < 1.29 is 9.47 Å². The number of fused-ring (bicyclic) bond motifs is 1.